The van der Waals surface area contributed by atoms with Crippen molar-refractivity contribution < 1.29 is 8.60 Å². The molecule has 78 valence electrons. The lowest BCUT2D eigenvalue weighted by Crippen LogP contribution is -1.96. The molecule has 2 aromatic rings. The SMILES string of the molecule is O=[S@](Cc1ccccc1F)c1cccs1. The number of halogens is 1. The van der Waals surface area contributed by atoms with E-state index < -0.39 is 10.8 Å². The summed E-state index contributed by atoms with van der Waals surface area (Å²) in [5.74, 6) is -0.0462. The highest BCUT2D eigenvalue weighted by Crippen LogP contribution is 2.18. The predicted octanol–water partition coefficient (Wildman–Crippen LogP) is 3.20. The van der Waals surface area contributed by atoms with E-state index in [-0.39, 0.29) is 11.6 Å². The summed E-state index contributed by atoms with van der Waals surface area (Å²) >= 11 is 1.43. The van der Waals surface area contributed by atoms with Crippen molar-refractivity contribution in [3.8, 4) is 0 Å². The first-order valence-electron chi connectivity index (χ1n) is 4.42. The van der Waals surface area contributed by atoms with Gasteiger partial charge in [-0.1, -0.05) is 24.3 Å². The van der Waals surface area contributed by atoms with Gasteiger partial charge in [0.15, 0.2) is 0 Å². The fourth-order valence-electron chi connectivity index (χ4n) is 1.22. The van der Waals surface area contributed by atoms with E-state index in [0.717, 1.165) is 4.21 Å². The Kier molecular flexibility index (Phi) is 3.28. The number of rotatable bonds is 3. The van der Waals surface area contributed by atoms with Crippen LogP contribution in [0.25, 0.3) is 0 Å². The topological polar surface area (TPSA) is 17.1 Å². The molecule has 1 aromatic carbocycles. The van der Waals surface area contributed by atoms with E-state index in [1.807, 2.05) is 17.5 Å². The second kappa shape index (κ2) is 4.68. The van der Waals surface area contributed by atoms with Crippen LogP contribution in [0.3, 0.4) is 0 Å². The van der Waals surface area contributed by atoms with Crippen LogP contribution in [0.1, 0.15) is 5.56 Å². The Morgan fingerprint density at radius 3 is 2.67 bits per heavy atom. The summed E-state index contributed by atoms with van der Waals surface area (Å²) in [5.41, 5.74) is 0.504. The minimum Gasteiger partial charge on any atom is -0.253 e. The van der Waals surface area contributed by atoms with Crippen LogP contribution in [-0.2, 0) is 16.6 Å². The molecule has 0 spiro atoms. The van der Waals surface area contributed by atoms with Crippen molar-refractivity contribution >= 4 is 22.1 Å². The predicted molar refractivity (Wildman–Crippen MR) is 60.8 cm³/mol. The lowest BCUT2D eigenvalue weighted by Gasteiger charge is -2.01. The number of thiophene rings is 1. The van der Waals surface area contributed by atoms with Gasteiger partial charge in [-0.3, -0.25) is 4.21 Å². The van der Waals surface area contributed by atoms with Crippen LogP contribution in [-0.4, -0.2) is 4.21 Å². The Balaban J connectivity index is 2.17. The Morgan fingerprint density at radius 2 is 2.00 bits per heavy atom. The normalized spacial score (nSPS) is 12.6. The molecule has 0 bridgehead atoms. The van der Waals surface area contributed by atoms with Gasteiger partial charge in [0.25, 0.3) is 0 Å². The Bertz CT molecular complexity index is 465. The first-order chi connectivity index (χ1) is 7.27. The van der Waals surface area contributed by atoms with Crippen molar-refractivity contribution in [2.24, 2.45) is 0 Å². The zero-order chi connectivity index (χ0) is 10.7. The summed E-state index contributed by atoms with van der Waals surface area (Å²) < 4.78 is 25.8. The summed E-state index contributed by atoms with van der Waals surface area (Å²) in [7, 11) is -1.14. The van der Waals surface area contributed by atoms with Gasteiger partial charge in [-0.05, 0) is 17.5 Å². The van der Waals surface area contributed by atoms with Crippen LogP contribution in [0.4, 0.5) is 4.39 Å². The molecule has 2 rings (SSSR count). The highest BCUT2D eigenvalue weighted by molar-refractivity contribution is 7.86. The Hall–Kier alpha value is -1.000. The number of benzene rings is 1. The van der Waals surface area contributed by atoms with E-state index in [9.17, 15) is 8.60 Å². The highest BCUT2D eigenvalue weighted by Gasteiger charge is 2.08. The first kappa shape index (κ1) is 10.5. The minimum atomic E-state index is -1.14. The summed E-state index contributed by atoms with van der Waals surface area (Å²) in [6, 6.07) is 10.1. The third-order valence-corrected chi connectivity index (χ3v) is 4.63. The smallest absolute Gasteiger partial charge is 0.127 e. The molecule has 0 saturated carbocycles. The highest BCUT2D eigenvalue weighted by atomic mass is 32.2. The molecule has 0 unspecified atom stereocenters. The third-order valence-electron chi connectivity index (χ3n) is 1.96. The van der Waals surface area contributed by atoms with E-state index in [1.54, 1.807) is 18.2 Å². The van der Waals surface area contributed by atoms with Crippen molar-refractivity contribution in [2.75, 3.05) is 0 Å². The molecule has 0 amide bonds. The molecule has 15 heavy (non-hydrogen) atoms. The molecule has 1 atom stereocenters. The minimum absolute atomic E-state index is 0.243. The van der Waals surface area contributed by atoms with Crippen LogP contribution in [0, 0.1) is 5.82 Å². The molecule has 1 nitrogen and oxygen atoms in total. The molecule has 0 aliphatic heterocycles. The van der Waals surface area contributed by atoms with Gasteiger partial charge in [0.2, 0.25) is 0 Å². The lowest BCUT2D eigenvalue weighted by atomic mass is 10.2. The van der Waals surface area contributed by atoms with Crippen LogP contribution in [0.5, 0.6) is 0 Å². The van der Waals surface area contributed by atoms with E-state index in [2.05, 4.69) is 0 Å². The molecule has 1 heterocycles. The van der Waals surface area contributed by atoms with Gasteiger partial charge in [0.1, 0.15) is 5.82 Å². The van der Waals surface area contributed by atoms with Crippen LogP contribution in [0.15, 0.2) is 46.0 Å². The van der Waals surface area contributed by atoms with Crippen molar-refractivity contribution in [2.45, 2.75) is 9.96 Å². The van der Waals surface area contributed by atoms with Crippen LogP contribution in [0.2, 0.25) is 0 Å². The van der Waals surface area contributed by atoms with Gasteiger partial charge >= 0.3 is 0 Å². The molecule has 4 heteroatoms. The molecule has 1 aromatic heterocycles. The number of hydrogen-bond acceptors (Lipinski definition) is 2. The van der Waals surface area contributed by atoms with Crippen molar-refractivity contribution in [1.29, 1.82) is 0 Å². The standard InChI is InChI=1S/C11H9FOS2/c12-10-5-2-1-4-9(10)8-15(13)11-6-3-7-14-11/h1-7H,8H2/t15-/m1/s1. The van der Waals surface area contributed by atoms with Gasteiger partial charge in [0, 0.05) is 5.56 Å². The van der Waals surface area contributed by atoms with Crippen molar-refractivity contribution in [1.82, 2.24) is 0 Å². The van der Waals surface area contributed by atoms with Gasteiger partial charge in [-0.15, -0.1) is 11.3 Å². The van der Waals surface area contributed by atoms with Crippen molar-refractivity contribution in [3.05, 3.63) is 53.2 Å². The molecular weight excluding hydrogens is 231 g/mol. The maximum absolute atomic E-state index is 13.3. The lowest BCUT2D eigenvalue weighted by molar-refractivity contribution is 0.615. The monoisotopic (exact) mass is 240 g/mol. The molecular formula is C11H9FOS2. The van der Waals surface area contributed by atoms with Crippen molar-refractivity contribution in [3.63, 3.8) is 0 Å². The van der Waals surface area contributed by atoms with Crippen LogP contribution < -0.4 is 0 Å². The quantitative estimate of drug-likeness (QED) is 0.805. The van der Waals surface area contributed by atoms with Crippen LogP contribution >= 0.6 is 11.3 Å². The summed E-state index contributed by atoms with van der Waals surface area (Å²) in [6.45, 7) is 0. The largest absolute Gasteiger partial charge is 0.253 e. The van der Waals surface area contributed by atoms with E-state index in [4.69, 9.17) is 0 Å². The fraction of sp³-hybridized carbons (Fsp3) is 0.0909. The molecule has 0 fully saturated rings. The third kappa shape index (κ3) is 2.52. The van der Waals surface area contributed by atoms with E-state index in [0.29, 0.717) is 5.56 Å². The summed E-state index contributed by atoms with van der Waals surface area (Å²) in [4.78, 5) is 0. The van der Waals surface area contributed by atoms with Gasteiger partial charge in [0.05, 0.1) is 20.8 Å². The zero-order valence-electron chi connectivity index (χ0n) is 7.85. The molecule has 0 saturated heterocycles. The van der Waals surface area contributed by atoms with Gasteiger partial charge in [-0.25, -0.2) is 4.39 Å². The summed E-state index contributed by atoms with van der Waals surface area (Å²) in [5, 5.41) is 1.87. The second-order valence-corrected chi connectivity index (χ2v) is 5.64. The zero-order valence-corrected chi connectivity index (χ0v) is 9.48. The van der Waals surface area contributed by atoms with E-state index in [1.165, 1.54) is 17.4 Å². The second-order valence-electron chi connectivity index (χ2n) is 3.01. The fourth-order valence-corrected chi connectivity index (χ4v) is 3.33. The first-order valence-corrected chi connectivity index (χ1v) is 6.62. The maximum atomic E-state index is 13.3. The molecule has 0 aliphatic carbocycles. The van der Waals surface area contributed by atoms with Gasteiger partial charge in [-0.2, -0.15) is 0 Å². The maximum Gasteiger partial charge on any atom is 0.127 e. The average Bonchev–Trinajstić information content (AvgIpc) is 2.74. The Labute approximate surface area is 94.0 Å². The van der Waals surface area contributed by atoms with E-state index >= 15 is 0 Å². The Morgan fingerprint density at radius 1 is 1.20 bits per heavy atom. The van der Waals surface area contributed by atoms with Gasteiger partial charge < -0.3 is 0 Å². The molecule has 0 N–H and O–H groups in total. The number of hydrogen-bond donors (Lipinski definition) is 0. The average molecular weight is 240 g/mol. The molecule has 0 aliphatic rings. The summed E-state index contributed by atoms with van der Waals surface area (Å²) in [6.07, 6.45) is 0. The molecule has 0 radical (unpaired) electrons.